The van der Waals surface area contributed by atoms with Crippen molar-refractivity contribution in [2.45, 2.75) is 32.3 Å². The van der Waals surface area contributed by atoms with E-state index >= 15 is 0 Å². The van der Waals surface area contributed by atoms with Gasteiger partial charge in [-0.15, -0.1) is 11.3 Å². The molecule has 0 aliphatic heterocycles. The Morgan fingerprint density at radius 3 is 2.54 bits per heavy atom. The van der Waals surface area contributed by atoms with Crippen LogP contribution in [-0.4, -0.2) is 30.3 Å². The van der Waals surface area contributed by atoms with Crippen LogP contribution in [0.3, 0.4) is 0 Å². The molecule has 1 aromatic heterocycles. The maximum Gasteiger partial charge on any atom is 0.307 e. The van der Waals surface area contributed by atoms with E-state index < -0.39 is 12.1 Å². The van der Waals surface area contributed by atoms with Crippen LogP contribution in [0.5, 0.6) is 0 Å². The van der Waals surface area contributed by atoms with Crippen molar-refractivity contribution in [1.82, 2.24) is 5.32 Å². The average Bonchev–Trinajstić information content (AvgIpc) is 3.13. The molecule has 0 radical (unpaired) electrons. The summed E-state index contributed by atoms with van der Waals surface area (Å²) in [5, 5.41) is 5.25. The summed E-state index contributed by atoms with van der Waals surface area (Å²) in [5.41, 5.74) is 0.488. The summed E-state index contributed by atoms with van der Waals surface area (Å²) in [7, 11) is 0. The fourth-order valence-electron chi connectivity index (χ4n) is 2.21. The second-order valence-corrected chi connectivity index (χ2v) is 7.15. The van der Waals surface area contributed by atoms with Crippen molar-refractivity contribution in [2.24, 2.45) is 0 Å². The first-order valence-corrected chi connectivity index (χ1v) is 9.50. The van der Waals surface area contributed by atoms with Gasteiger partial charge in [-0.2, -0.15) is 0 Å². The van der Waals surface area contributed by atoms with E-state index in [9.17, 15) is 14.4 Å². The number of ether oxygens (including phenoxy) is 1. The van der Waals surface area contributed by atoms with Crippen molar-refractivity contribution >= 4 is 40.6 Å². The molecule has 2 rings (SSSR count). The summed E-state index contributed by atoms with van der Waals surface area (Å²) in [6, 6.07) is 10.4. The molecule has 1 aromatic carbocycles. The summed E-state index contributed by atoms with van der Waals surface area (Å²) in [4.78, 5) is 36.9. The Bertz CT molecular complexity index is 743. The minimum atomic E-state index is -0.892. The maximum absolute atomic E-state index is 12.0. The van der Waals surface area contributed by atoms with Gasteiger partial charge in [-0.05, 0) is 49.1 Å². The van der Waals surface area contributed by atoms with Gasteiger partial charge in [-0.1, -0.05) is 17.7 Å². The zero-order chi connectivity index (χ0) is 18.9. The van der Waals surface area contributed by atoms with E-state index in [1.54, 1.807) is 35.6 Å². The summed E-state index contributed by atoms with van der Waals surface area (Å²) >= 11 is 7.40. The van der Waals surface area contributed by atoms with E-state index in [1.807, 2.05) is 17.5 Å². The molecule has 1 N–H and O–H groups in total. The largest absolute Gasteiger partial charge is 0.453 e. The summed E-state index contributed by atoms with van der Waals surface area (Å²) < 4.78 is 5.08. The number of nitrogens with one attached hydrogen (secondary N) is 1. The predicted molar refractivity (Wildman–Crippen MR) is 102 cm³/mol. The Hall–Kier alpha value is -2.18. The molecule has 0 saturated heterocycles. The standard InChI is InChI=1S/C19H20ClNO4S/c1-13(19(24)21-11-10-16-3-2-12-26-16)25-18(23)9-8-17(22)14-4-6-15(20)7-5-14/h2-7,12-13H,8-11H2,1H3,(H,21,24)/t13-/m1/s1. The van der Waals surface area contributed by atoms with Crippen molar-refractivity contribution in [1.29, 1.82) is 0 Å². The molecule has 5 nitrogen and oxygen atoms in total. The number of carbonyl (C=O) groups is 3. The molecule has 138 valence electrons. The lowest BCUT2D eigenvalue weighted by molar-refractivity contribution is -0.154. The van der Waals surface area contributed by atoms with Crippen molar-refractivity contribution in [2.75, 3.05) is 6.54 Å². The second-order valence-electron chi connectivity index (χ2n) is 5.68. The normalized spacial score (nSPS) is 11.6. The van der Waals surface area contributed by atoms with Crippen molar-refractivity contribution in [3.05, 3.63) is 57.2 Å². The monoisotopic (exact) mass is 393 g/mol. The number of esters is 1. The highest BCUT2D eigenvalue weighted by atomic mass is 35.5. The summed E-state index contributed by atoms with van der Waals surface area (Å²) in [6.45, 7) is 2.00. The van der Waals surface area contributed by atoms with Gasteiger partial charge in [0, 0.05) is 28.4 Å². The topological polar surface area (TPSA) is 72.5 Å². The molecule has 7 heteroatoms. The van der Waals surface area contributed by atoms with Crippen LogP contribution < -0.4 is 5.32 Å². The van der Waals surface area contributed by atoms with Crippen molar-refractivity contribution in [3.63, 3.8) is 0 Å². The Morgan fingerprint density at radius 1 is 1.15 bits per heavy atom. The zero-order valence-corrected chi connectivity index (χ0v) is 15.9. The van der Waals surface area contributed by atoms with Crippen LogP contribution >= 0.6 is 22.9 Å². The smallest absolute Gasteiger partial charge is 0.307 e. The third-order valence-electron chi connectivity index (χ3n) is 3.65. The van der Waals surface area contributed by atoms with E-state index in [0.717, 1.165) is 6.42 Å². The summed E-state index contributed by atoms with van der Waals surface area (Å²) in [6.07, 6.45) is -0.210. The number of halogens is 1. The quantitative estimate of drug-likeness (QED) is 0.521. The molecule has 0 spiro atoms. The van der Waals surface area contributed by atoms with Gasteiger partial charge in [0.2, 0.25) is 0 Å². The van der Waals surface area contributed by atoms with Crippen LogP contribution in [0.15, 0.2) is 41.8 Å². The molecule has 0 unspecified atom stereocenters. The van der Waals surface area contributed by atoms with Crippen LogP contribution in [-0.2, 0) is 20.7 Å². The highest BCUT2D eigenvalue weighted by molar-refractivity contribution is 7.09. The number of hydrogen-bond acceptors (Lipinski definition) is 5. The van der Waals surface area contributed by atoms with Gasteiger partial charge >= 0.3 is 5.97 Å². The molecule has 1 amide bonds. The number of thiophene rings is 1. The van der Waals surface area contributed by atoms with Crippen LogP contribution in [0.1, 0.15) is 35.0 Å². The second kappa shape index (κ2) is 10.1. The SMILES string of the molecule is C[C@@H](OC(=O)CCC(=O)c1ccc(Cl)cc1)C(=O)NCCc1cccs1. The van der Waals surface area contributed by atoms with Crippen LogP contribution in [0.4, 0.5) is 0 Å². The maximum atomic E-state index is 12.0. The van der Waals surface area contributed by atoms with Crippen LogP contribution in [0.25, 0.3) is 0 Å². The Balaban J connectivity index is 1.68. The van der Waals surface area contributed by atoms with Gasteiger partial charge in [-0.3, -0.25) is 14.4 Å². The average molecular weight is 394 g/mol. The van der Waals surface area contributed by atoms with Gasteiger partial charge in [0.15, 0.2) is 11.9 Å². The third-order valence-corrected chi connectivity index (χ3v) is 4.84. The number of rotatable bonds is 9. The number of carbonyl (C=O) groups excluding carboxylic acids is 3. The molecule has 0 fully saturated rings. The van der Waals surface area contributed by atoms with Gasteiger partial charge < -0.3 is 10.1 Å². The Labute approximate surface area is 161 Å². The van der Waals surface area contributed by atoms with Gasteiger partial charge in [0.05, 0.1) is 6.42 Å². The molecule has 26 heavy (non-hydrogen) atoms. The van der Waals surface area contributed by atoms with E-state index in [2.05, 4.69) is 5.32 Å². The van der Waals surface area contributed by atoms with E-state index in [-0.39, 0.29) is 24.5 Å². The minimum Gasteiger partial charge on any atom is -0.453 e. The van der Waals surface area contributed by atoms with Crippen LogP contribution in [0, 0.1) is 0 Å². The lowest BCUT2D eigenvalue weighted by Gasteiger charge is -2.13. The fourth-order valence-corrected chi connectivity index (χ4v) is 3.05. The molecule has 1 heterocycles. The number of hydrogen-bond donors (Lipinski definition) is 1. The van der Waals surface area contributed by atoms with E-state index in [4.69, 9.17) is 16.3 Å². The first-order valence-electron chi connectivity index (χ1n) is 8.24. The zero-order valence-electron chi connectivity index (χ0n) is 14.4. The first kappa shape index (κ1) is 20.1. The lowest BCUT2D eigenvalue weighted by atomic mass is 10.1. The highest BCUT2D eigenvalue weighted by Crippen LogP contribution is 2.12. The third kappa shape index (κ3) is 6.61. The molecular weight excluding hydrogens is 374 g/mol. The first-order chi connectivity index (χ1) is 12.5. The minimum absolute atomic E-state index is 0.0210. The van der Waals surface area contributed by atoms with Crippen LogP contribution in [0.2, 0.25) is 5.02 Å². The van der Waals surface area contributed by atoms with E-state index in [1.165, 1.54) is 11.8 Å². The Kier molecular flexibility index (Phi) is 7.81. The molecule has 0 aliphatic rings. The molecular formula is C19H20ClNO4S. The predicted octanol–water partition coefficient (Wildman–Crippen LogP) is 3.66. The number of ketones is 1. The van der Waals surface area contributed by atoms with Gasteiger partial charge in [0.25, 0.3) is 5.91 Å². The van der Waals surface area contributed by atoms with Crippen molar-refractivity contribution in [3.8, 4) is 0 Å². The molecule has 0 aliphatic carbocycles. The molecule has 1 atom stereocenters. The number of amides is 1. The Morgan fingerprint density at radius 2 is 1.88 bits per heavy atom. The summed E-state index contributed by atoms with van der Waals surface area (Å²) in [5.74, 6) is -1.10. The number of Topliss-reactive ketones (excluding diaryl/α,β-unsaturated/α-hetero) is 1. The van der Waals surface area contributed by atoms with Gasteiger partial charge in [0.1, 0.15) is 0 Å². The van der Waals surface area contributed by atoms with Crippen molar-refractivity contribution < 1.29 is 19.1 Å². The molecule has 2 aromatic rings. The molecule has 0 saturated carbocycles. The molecule has 0 bridgehead atoms. The van der Waals surface area contributed by atoms with Gasteiger partial charge in [-0.25, -0.2) is 0 Å². The fraction of sp³-hybridized carbons (Fsp3) is 0.316. The van der Waals surface area contributed by atoms with E-state index in [0.29, 0.717) is 17.1 Å². The highest BCUT2D eigenvalue weighted by Gasteiger charge is 2.18. The lowest BCUT2D eigenvalue weighted by Crippen LogP contribution is -2.36. The number of benzene rings is 1.